The third-order valence-corrected chi connectivity index (χ3v) is 5.95. The average molecular weight is 409 g/mol. The fraction of sp³-hybridized carbons (Fsp3) is 0.318. The van der Waals surface area contributed by atoms with Crippen LogP contribution in [-0.4, -0.2) is 57.1 Å². The van der Waals surface area contributed by atoms with Crippen LogP contribution >= 0.6 is 11.8 Å². The first kappa shape index (κ1) is 19.7. The summed E-state index contributed by atoms with van der Waals surface area (Å²) >= 11 is 1.46. The third kappa shape index (κ3) is 4.68. The Morgan fingerprint density at radius 2 is 1.69 bits per heavy atom. The Morgan fingerprint density at radius 1 is 1.03 bits per heavy atom. The van der Waals surface area contributed by atoms with Crippen molar-refractivity contribution in [3.05, 3.63) is 66.2 Å². The van der Waals surface area contributed by atoms with Crippen LogP contribution in [0.1, 0.15) is 12.5 Å². The van der Waals surface area contributed by atoms with E-state index in [0.717, 1.165) is 16.5 Å². The van der Waals surface area contributed by atoms with Crippen molar-refractivity contribution >= 4 is 17.7 Å². The minimum Gasteiger partial charge on any atom is -0.378 e. The number of carbonyl (C=O) groups excluding carboxylic acids is 1. The standard InChI is InChI=1S/C22H24N4O2S/c1-17(21(27)25-12-14-28-15-13-25)29-22-24-23-20(19-10-6-3-7-11-19)26(22)16-18-8-4-2-5-9-18/h2-11,17H,12-16H2,1H3. The summed E-state index contributed by atoms with van der Waals surface area (Å²) in [7, 11) is 0. The van der Waals surface area contributed by atoms with Crippen LogP contribution in [0.4, 0.5) is 0 Å². The van der Waals surface area contributed by atoms with Gasteiger partial charge in [0.1, 0.15) is 0 Å². The zero-order valence-electron chi connectivity index (χ0n) is 16.4. The van der Waals surface area contributed by atoms with Crippen molar-refractivity contribution in [3.63, 3.8) is 0 Å². The zero-order valence-corrected chi connectivity index (χ0v) is 17.2. The summed E-state index contributed by atoms with van der Waals surface area (Å²) in [4.78, 5) is 14.7. The van der Waals surface area contributed by atoms with Gasteiger partial charge >= 0.3 is 0 Å². The molecule has 0 N–H and O–H groups in total. The van der Waals surface area contributed by atoms with Crippen LogP contribution in [0.2, 0.25) is 0 Å². The maximum absolute atomic E-state index is 12.8. The number of ether oxygens (including phenoxy) is 1. The quantitative estimate of drug-likeness (QED) is 0.586. The first-order valence-electron chi connectivity index (χ1n) is 9.78. The minimum atomic E-state index is -0.240. The van der Waals surface area contributed by atoms with Gasteiger partial charge in [-0.25, -0.2) is 0 Å². The molecule has 0 saturated carbocycles. The molecule has 6 nitrogen and oxygen atoms in total. The van der Waals surface area contributed by atoms with Crippen LogP contribution in [0.25, 0.3) is 11.4 Å². The fourth-order valence-corrected chi connectivity index (χ4v) is 4.27. The fourth-order valence-electron chi connectivity index (χ4n) is 3.33. The number of amides is 1. The molecular formula is C22H24N4O2S. The van der Waals surface area contributed by atoms with Gasteiger partial charge in [-0.2, -0.15) is 0 Å². The lowest BCUT2D eigenvalue weighted by molar-refractivity contribution is -0.134. The van der Waals surface area contributed by atoms with Crippen molar-refractivity contribution in [2.75, 3.05) is 26.3 Å². The summed E-state index contributed by atoms with van der Waals surface area (Å²) in [6.45, 7) is 5.09. The molecule has 1 unspecified atom stereocenters. The van der Waals surface area contributed by atoms with Gasteiger partial charge < -0.3 is 9.64 Å². The molecule has 0 radical (unpaired) electrons. The van der Waals surface area contributed by atoms with E-state index in [4.69, 9.17) is 4.74 Å². The summed E-state index contributed by atoms with van der Waals surface area (Å²) in [6, 6.07) is 20.3. The van der Waals surface area contributed by atoms with Gasteiger partial charge in [0.05, 0.1) is 25.0 Å². The maximum atomic E-state index is 12.8. The molecule has 1 saturated heterocycles. The highest BCUT2D eigenvalue weighted by molar-refractivity contribution is 8.00. The summed E-state index contributed by atoms with van der Waals surface area (Å²) in [5, 5.41) is 9.40. The minimum absolute atomic E-state index is 0.119. The number of carbonyl (C=O) groups is 1. The Labute approximate surface area is 174 Å². The molecule has 1 fully saturated rings. The molecule has 4 rings (SSSR count). The number of thioether (sulfide) groups is 1. The molecule has 2 heterocycles. The van der Waals surface area contributed by atoms with E-state index in [1.54, 1.807) is 0 Å². The van der Waals surface area contributed by atoms with Gasteiger partial charge in [-0.1, -0.05) is 72.4 Å². The predicted molar refractivity (Wildman–Crippen MR) is 114 cm³/mol. The molecule has 2 aromatic carbocycles. The smallest absolute Gasteiger partial charge is 0.236 e. The van der Waals surface area contributed by atoms with Crippen molar-refractivity contribution in [3.8, 4) is 11.4 Å². The molecule has 29 heavy (non-hydrogen) atoms. The van der Waals surface area contributed by atoms with Gasteiger partial charge in [0.25, 0.3) is 0 Å². The number of hydrogen-bond acceptors (Lipinski definition) is 5. The molecular weight excluding hydrogens is 384 g/mol. The number of aromatic nitrogens is 3. The zero-order chi connectivity index (χ0) is 20.1. The molecule has 7 heteroatoms. The number of benzene rings is 2. The largest absolute Gasteiger partial charge is 0.378 e. The van der Waals surface area contributed by atoms with Gasteiger partial charge in [-0.3, -0.25) is 9.36 Å². The van der Waals surface area contributed by atoms with Crippen molar-refractivity contribution in [1.82, 2.24) is 19.7 Å². The highest BCUT2D eigenvalue weighted by Gasteiger charge is 2.26. The van der Waals surface area contributed by atoms with E-state index < -0.39 is 0 Å². The molecule has 1 aromatic heterocycles. The average Bonchev–Trinajstić information content (AvgIpc) is 3.17. The van der Waals surface area contributed by atoms with Crippen LogP contribution in [0.3, 0.4) is 0 Å². The van der Waals surface area contributed by atoms with Crippen LogP contribution in [0.15, 0.2) is 65.8 Å². The molecule has 1 aliphatic heterocycles. The van der Waals surface area contributed by atoms with Crippen molar-refractivity contribution < 1.29 is 9.53 Å². The van der Waals surface area contributed by atoms with Crippen molar-refractivity contribution in [2.45, 2.75) is 23.9 Å². The molecule has 0 spiro atoms. The van der Waals surface area contributed by atoms with Crippen LogP contribution < -0.4 is 0 Å². The lowest BCUT2D eigenvalue weighted by Crippen LogP contribution is -2.44. The second-order valence-corrected chi connectivity index (χ2v) is 8.25. The lowest BCUT2D eigenvalue weighted by Gasteiger charge is -2.28. The van der Waals surface area contributed by atoms with Gasteiger partial charge in [0.2, 0.25) is 5.91 Å². The molecule has 3 aromatic rings. The van der Waals surface area contributed by atoms with Gasteiger partial charge in [0.15, 0.2) is 11.0 Å². The number of rotatable bonds is 6. The van der Waals surface area contributed by atoms with Crippen molar-refractivity contribution in [1.29, 1.82) is 0 Å². The Bertz CT molecular complexity index is 940. The van der Waals surface area contributed by atoms with E-state index in [1.165, 1.54) is 17.3 Å². The van der Waals surface area contributed by atoms with Crippen LogP contribution in [0, 0.1) is 0 Å². The lowest BCUT2D eigenvalue weighted by atomic mass is 10.2. The van der Waals surface area contributed by atoms with E-state index in [9.17, 15) is 4.79 Å². The maximum Gasteiger partial charge on any atom is 0.236 e. The first-order chi connectivity index (χ1) is 14.2. The highest BCUT2D eigenvalue weighted by atomic mass is 32.2. The Morgan fingerprint density at radius 3 is 2.38 bits per heavy atom. The van der Waals surface area contributed by atoms with Crippen LogP contribution in [-0.2, 0) is 16.1 Å². The van der Waals surface area contributed by atoms with Gasteiger partial charge in [-0.05, 0) is 12.5 Å². The number of hydrogen-bond donors (Lipinski definition) is 0. The molecule has 1 aliphatic rings. The monoisotopic (exact) mass is 408 g/mol. The number of nitrogens with zero attached hydrogens (tertiary/aromatic N) is 4. The molecule has 1 atom stereocenters. The number of morpholine rings is 1. The highest BCUT2D eigenvalue weighted by Crippen LogP contribution is 2.28. The van der Waals surface area contributed by atoms with Gasteiger partial charge in [-0.15, -0.1) is 10.2 Å². The summed E-state index contributed by atoms with van der Waals surface area (Å²) in [6.07, 6.45) is 0. The van der Waals surface area contributed by atoms with Crippen molar-refractivity contribution in [2.24, 2.45) is 0 Å². The van der Waals surface area contributed by atoms with E-state index in [2.05, 4.69) is 26.9 Å². The van der Waals surface area contributed by atoms with Crippen LogP contribution in [0.5, 0.6) is 0 Å². The summed E-state index contributed by atoms with van der Waals surface area (Å²) < 4.78 is 7.45. The van der Waals surface area contributed by atoms with E-state index in [-0.39, 0.29) is 11.2 Å². The van der Waals surface area contributed by atoms with E-state index in [0.29, 0.717) is 32.8 Å². The summed E-state index contributed by atoms with van der Waals surface area (Å²) in [5.74, 6) is 0.928. The molecule has 0 bridgehead atoms. The van der Waals surface area contributed by atoms with Gasteiger partial charge in [0, 0.05) is 18.7 Å². The normalized spacial score (nSPS) is 15.3. The second-order valence-electron chi connectivity index (χ2n) is 6.94. The predicted octanol–water partition coefficient (Wildman–Crippen LogP) is 3.33. The topological polar surface area (TPSA) is 60.2 Å². The molecule has 0 aliphatic carbocycles. The molecule has 150 valence electrons. The molecule has 1 amide bonds. The van der Waals surface area contributed by atoms with E-state index in [1.807, 2.05) is 60.4 Å². The first-order valence-corrected chi connectivity index (χ1v) is 10.7. The Kier molecular flexibility index (Phi) is 6.27. The SMILES string of the molecule is CC(Sc1nnc(-c2ccccc2)n1Cc1ccccc1)C(=O)N1CCOCC1. The second kappa shape index (κ2) is 9.24. The Hall–Kier alpha value is -2.64. The Balaban J connectivity index is 1.60. The third-order valence-electron chi connectivity index (χ3n) is 4.89. The summed E-state index contributed by atoms with van der Waals surface area (Å²) in [5.41, 5.74) is 2.17. The van der Waals surface area contributed by atoms with E-state index >= 15 is 0 Å².